The molecule has 10 heteroatoms. The molecular formula is C26H22ClFN2O5S. The largest absolute Gasteiger partial charge is 0.462 e. The summed E-state index contributed by atoms with van der Waals surface area (Å²) >= 11 is 7.05. The van der Waals surface area contributed by atoms with E-state index in [-0.39, 0.29) is 42.2 Å². The summed E-state index contributed by atoms with van der Waals surface area (Å²) in [6, 6.07) is 11.2. The first-order chi connectivity index (χ1) is 17.4. The van der Waals surface area contributed by atoms with Gasteiger partial charge in [0, 0.05) is 12.0 Å². The zero-order valence-corrected chi connectivity index (χ0v) is 20.9. The maximum atomic E-state index is 13.3. The number of nitrogens with zero attached hydrogens (tertiary/aromatic N) is 1. The van der Waals surface area contributed by atoms with Gasteiger partial charge in [-0.2, -0.15) is 0 Å². The van der Waals surface area contributed by atoms with Gasteiger partial charge in [0.1, 0.15) is 10.6 Å². The number of esters is 1. The standard InChI is InChI=1S/C26H22ClFN2O5S/c1-2-35-26(33)17-7-3-16(4-8-17)12-34-13-18-14-36-25-22(18)24(32)29-23(30-25)21(31)10-6-15-5-9-20(28)19(27)11-15/h3-5,7-9,11,14H,2,6,10,12-13H2,1H3,(H,29,30,32). The van der Waals surface area contributed by atoms with Crippen LogP contribution in [0, 0.1) is 5.82 Å². The van der Waals surface area contributed by atoms with Crippen LogP contribution in [0.2, 0.25) is 5.02 Å². The van der Waals surface area contributed by atoms with E-state index in [2.05, 4.69) is 9.97 Å². The fraction of sp³-hybridized carbons (Fsp3) is 0.231. The van der Waals surface area contributed by atoms with Crippen molar-refractivity contribution in [3.8, 4) is 0 Å². The highest BCUT2D eigenvalue weighted by molar-refractivity contribution is 7.16. The molecule has 2 heterocycles. The monoisotopic (exact) mass is 528 g/mol. The number of carbonyl (C=O) groups is 2. The number of thiophene rings is 1. The zero-order chi connectivity index (χ0) is 25.7. The molecule has 7 nitrogen and oxygen atoms in total. The molecular weight excluding hydrogens is 507 g/mol. The highest BCUT2D eigenvalue weighted by Gasteiger charge is 2.16. The van der Waals surface area contributed by atoms with Crippen molar-refractivity contribution in [1.82, 2.24) is 9.97 Å². The van der Waals surface area contributed by atoms with Gasteiger partial charge in [0.2, 0.25) is 0 Å². The summed E-state index contributed by atoms with van der Waals surface area (Å²) in [5.74, 6) is -1.24. The topological polar surface area (TPSA) is 98.3 Å². The summed E-state index contributed by atoms with van der Waals surface area (Å²) in [7, 11) is 0. The van der Waals surface area contributed by atoms with Crippen molar-refractivity contribution in [2.45, 2.75) is 33.0 Å². The van der Waals surface area contributed by atoms with Crippen LogP contribution in [-0.4, -0.2) is 28.3 Å². The van der Waals surface area contributed by atoms with Crippen LogP contribution >= 0.6 is 22.9 Å². The number of hydrogen-bond acceptors (Lipinski definition) is 7. The molecule has 0 aliphatic rings. The lowest BCUT2D eigenvalue weighted by molar-refractivity contribution is 0.0526. The fourth-order valence-electron chi connectivity index (χ4n) is 3.55. The Morgan fingerprint density at radius 3 is 2.58 bits per heavy atom. The van der Waals surface area contributed by atoms with Crippen LogP contribution in [0.3, 0.4) is 0 Å². The Labute approximate surface area is 214 Å². The Bertz CT molecular complexity index is 1470. The molecule has 4 aromatic rings. The molecule has 2 aromatic heterocycles. The number of benzene rings is 2. The van der Waals surface area contributed by atoms with Crippen molar-refractivity contribution in [1.29, 1.82) is 0 Å². The van der Waals surface area contributed by atoms with E-state index >= 15 is 0 Å². The van der Waals surface area contributed by atoms with Crippen LogP contribution in [0.1, 0.15) is 51.0 Å². The van der Waals surface area contributed by atoms with E-state index in [0.717, 1.165) is 5.56 Å². The number of H-pyrrole nitrogens is 1. The van der Waals surface area contributed by atoms with E-state index in [4.69, 9.17) is 21.1 Å². The van der Waals surface area contributed by atoms with E-state index in [1.165, 1.54) is 23.5 Å². The van der Waals surface area contributed by atoms with Gasteiger partial charge in [-0.1, -0.05) is 29.8 Å². The first kappa shape index (κ1) is 25.7. The van der Waals surface area contributed by atoms with Crippen molar-refractivity contribution in [3.63, 3.8) is 0 Å². The van der Waals surface area contributed by atoms with Crippen molar-refractivity contribution in [2.24, 2.45) is 0 Å². The number of rotatable bonds is 10. The Balaban J connectivity index is 1.38. The van der Waals surface area contributed by atoms with Gasteiger partial charge in [-0.3, -0.25) is 9.59 Å². The molecule has 0 fully saturated rings. The average molecular weight is 529 g/mol. The third kappa shape index (κ3) is 6.04. The van der Waals surface area contributed by atoms with Gasteiger partial charge in [-0.25, -0.2) is 14.2 Å². The van der Waals surface area contributed by atoms with Gasteiger partial charge in [-0.15, -0.1) is 11.3 Å². The first-order valence-electron chi connectivity index (χ1n) is 11.2. The number of aromatic amines is 1. The lowest BCUT2D eigenvalue weighted by Gasteiger charge is -2.06. The Kier molecular flexibility index (Phi) is 8.25. The molecule has 0 saturated carbocycles. The quantitative estimate of drug-likeness (QED) is 0.216. The number of aromatic nitrogens is 2. The number of ether oxygens (including phenoxy) is 2. The number of aryl methyl sites for hydroxylation is 1. The summed E-state index contributed by atoms with van der Waals surface area (Å²) < 4.78 is 24.0. The molecule has 0 aliphatic carbocycles. The second-order valence-corrected chi connectivity index (χ2v) is 9.20. The van der Waals surface area contributed by atoms with E-state index in [9.17, 15) is 18.8 Å². The molecule has 0 bridgehead atoms. The Morgan fingerprint density at radius 2 is 1.86 bits per heavy atom. The summed E-state index contributed by atoms with van der Waals surface area (Å²) in [5, 5.41) is 2.17. The Hall–Kier alpha value is -3.40. The average Bonchev–Trinajstić information content (AvgIpc) is 3.28. The van der Waals surface area contributed by atoms with E-state index in [1.54, 1.807) is 42.6 Å². The third-order valence-corrected chi connectivity index (χ3v) is 6.61. The van der Waals surface area contributed by atoms with Crippen molar-refractivity contribution in [2.75, 3.05) is 6.61 Å². The molecule has 2 aromatic carbocycles. The summed E-state index contributed by atoms with van der Waals surface area (Å²) in [5.41, 5.74) is 2.31. The fourth-order valence-corrected chi connectivity index (χ4v) is 4.68. The third-order valence-electron chi connectivity index (χ3n) is 5.40. The van der Waals surface area contributed by atoms with Crippen molar-refractivity contribution >= 4 is 44.9 Å². The molecule has 0 saturated heterocycles. The molecule has 0 unspecified atom stereocenters. The predicted molar refractivity (Wildman–Crippen MR) is 135 cm³/mol. The molecule has 0 radical (unpaired) electrons. The van der Waals surface area contributed by atoms with Gasteiger partial charge in [-0.05, 0) is 54.1 Å². The smallest absolute Gasteiger partial charge is 0.338 e. The molecule has 1 N–H and O–H groups in total. The number of hydrogen-bond donors (Lipinski definition) is 1. The van der Waals surface area contributed by atoms with Crippen LogP contribution in [-0.2, 0) is 29.1 Å². The van der Waals surface area contributed by atoms with Crippen molar-refractivity contribution < 1.29 is 23.5 Å². The maximum absolute atomic E-state index is 13.3. The summed E-state index contributed by atoms with van der Waals surface area (Å²) in [6.07, 6.45) is 0.428. The van der Waals surface area contributed by atoms with Crippen LogP contribution < -0.4 is 5.56 Å². The maximum Gasteiger partial charge on any atom is 0.338 e. The summed E-state index contributed by atoms with van der Waals surface area (Å²) in [4.78, 5) is 44.4. The zero-order valence-electron chi connectivity index (χ0n) is 19.3. The van der Waals surface area contributed by atoms with Crippen LogP contribution in [0.5, 0.6) is 0 Å². The van der Waals surface area contributed by atoms with E-state index in [1.807, 2.05) is 0 Å². The molecule has 0 spiro atoms. The van der Waals surface area contributed by atoms with Crippen molar-refractivity contribution in [3.05, 3.63) is 97.1 Å². The highest BCUT2D eigenvalue weighted by atomic mass is 35.5. The SMILES string of the molecule is CCOC(=O)c1ccc(COCc2csc3nc(C(=O)CCc4ccc(F)c(Cl)c4)[nH]c(=O)c23)cc1. The van der Waals surface area contributed by atoms with E-state index < -0.39 is 11.4 Å². The van der Waals surface area contributed by atoms with E-state index in [0.29, 0.717) is 39.9 Å². The first-order valence-corrected chi connectivity index (χ1v) is 12.4. The molecule has 186 valence electrons. The summed E-state index contributed by atoms with van der Waals surface area (Å²) in [6.45, 7) is 2.53. The Morgan fingerprint density at radius 1 is 1.11 bits per heavy atom. The molecule has 0 aliphatic heterocycles. The number of halogens is 2. The number of fused-ring (bicyclic) bond motifs is 1. The number of nitrogens with one attached hydrogen (secondary N) is 1. The molecule has 36 heavy (non-hydrogen) atoms. The minimum atomic E-state index is -0.521. The predicted octanol–water partition coefficient (Wildman–Crippen LogP) is 5.49. The minimum Gasteiger partial charge on any atom is -0.462 e. The minimum absolute atomic E-state index is 0.00470. The van der Waals surface area contributed by atoms with Crippen LogP contribution in [0.15, 0.2) is 52.6 Å². The molecule has 0 atom stereocenters. The highest BCUT2D eigenvalue weighted by Crippen LogP contribution is 2.23. The van der Waals surface area contributed by atoms with Gasteiger partial charge in [0.15, 0.2) is 11.6 Å². The molecule has 0 amide bonds. The second kappa shape index (κ2) is 11.6. The second-order valence-electron chi connectivity index (χ2n) is 7.94. The number of Topliss-reactive ketones (excluding diaryl/α,β-unsaturated/α-hetero) is 1. The van der Waals surface area contributed by atoms with Gasteiger partial charge in [0.05, 0.1) is 35.8 Å². The number of carbonyl (C=O) groups excluding carboxylic acids is 2. The lowest BCUT2D eigenvalue weighted by Crippen LogP contribution is -2.16. The van der Waals surface area contributed by atoms with Gasteiger partial charge >= 0.3 is 5.97 Å². The molecule has 4 rings (SSSR count). The normalized spacial score (nSPS) is 11.1. The lowest BCUT2D eigenvalue weighted by atomic mass is 10.1. The van der Waals surface area contributed by atoms with Crippen LogP contribution in [0.4, 0.5) is 4.39 Å². The number of ketones is 1. The van der Waals surface area contributed by atoms with Crippen LogP contribution in [0.25, 0.3) is 10.2 Å². The van der Waals surface area contributed by atoms with Gasteiger partial charge < -0.3 is 14.5 Å². The van der Waals surface area contributed by atoms with Gasteiger partial charge in [0.25, 0.3) is 5.56 Å².